The van der Waals surface area contributed by atoms with Crippen LogP contribution in [0, 0.1) is 5.82 Å². The lowest BCUT2D eigenvalue weighted by atomic mass is 10.1. The summed E-state index contributed by atoms with van der Waals surface area (Å²) in [7, 11) is 0. The largest absolute Gasteiger partial charge is 0.324 e. The summed E-state index contributed by atoms with van der Waals surface area (Å²) in [5.74, 6) is -1.15. The average Bonchev–Trinajstić information content (AvgIpc) is 2.55. The molecule has 0 radical (unpaired) electrons. The lowest BCUT2D eigenvalue weighted by molar-refractivity contribution is -0.114. The molecule has 4 nitrogen and oxygen atoms in total. The molecule has 0 unspecified atom stereocenters. The first kappa shape index (κ1) is 16.5. The molecule has 24 heavy (non-hydrogen) atoms. The standard InChI is InChI=1S/C18H17FN2O2S/c1-11-10-21(16-5-3-4-6-17(16)24-11)18(23)13-7-8-14(19)15(9-13)20-12(2)22/h3-9,11H,10H2,1-2H3,(H,20,22)/t11-/m1/s1. The van der Waals surface area contributed by atoms with E-state index in [-0.39, 0.29) is 22.8 Å². The van der Waals surface area contributed by atoms with Gasteiger partial charge in [0.2, 0.25) is 5.91 Å². The number of hydrogen-bond acceptors (Lipinski definition) is 3. The molecule has 0 aromatic heterocycles. The van der Waals surface area contributed by atoms with Gasteiger partial charge >= 0.3 is 0 Å². The minimum atomic E-state index is -0.565. The van der Waals surface area contributed by atoms with Gasteiger partial charge in [0.1, 0.15) is 5.82 Å². The van der Waals surface area contributed by atoms with E-state index in [1.54, 1.807) is 16.7 Å². The normalized spacial score (nSPS) is 16.5. The molecule has 124 valence electrons. The highest BCUT2D eigenvalue weighted by Gasteiger charge is 2.27. The van der Waals surface area contributed by atoms with Crippen molar-refractivity contribution in [3.8, 4) is 0 Å². The second kappa shape index (κ2) is 6.65. The fourth-order valence-corrected chi connectivity index (χ4v) is 3.79. The third-order valence-corrected chi connectivity index (χ3v) is 4.84. The lowest BCUT2D eigenvalue weighted by Crippen LogP contribution is -2.38. The Morgan fingerprint density at radius 3 is 2.75 bits per heavy atom. The Kier molecular flexibility index (Phi) is 4.57. The van der Waals surface area contributed by atoms with Crippen LogP contribution in [-0.4, -0.2) is 23.6 Å². The molecule has 0 spiro atoms. The molecule has 0 fully saturated rings. The van der Waals surface area contributed by atoms with Crippen LogP contribution in [0.5, 0.6) is 0 Å². The average molecular weight is 344 g/mol. The zero-order chi connectivity index (χ0) is 17.3. The Morgan fingerprint density at radius 2 is 2.00 bits per heavy atom. The van der Waals surface area contributed by atoms with E-state index in [4.69, 9.17) is 0 Å². The van der Waals surface area contributed by atoms with Gasteiger partial charge in [0, 0.05) is 29.2 Å². The van der Waals surface area contributed by atoms with Crippen LogP contribution in [0.25, 0.3) is 0 Å². The smallest absolute Gasteiger partial charge is 0.258 e. The van der Waals surface area contributed by atoms with Crippen molar-refractivity contribution >= 4 is 35.0 Å². The monoisotopic (exact) mass is 344 g/mol. The van der Waals surface area contributed by atoms with E-state index in [1.165, 1.54) is 25.1 Å². The second-order valence-electron chi connectivity index (χ2n) is 5.69. The van der Waals surface area contributed by atoms with Crippen LogP contribution in [0.4, 0.5) is 15.8 Å². The number of carbonyl (C=O) groups excluding carboxylic acids is 2. The first-order valence-electron chi connectivity index (χ1n) is 7.60. The third kappa shape index (κ3) is 3.28. The number of fused-ring (bicyclic) bond motifs is 1. The van der Waals surface area contributed by atoms with E-state index >= 15 is 0 Å². The number of amides is 2. The second-order valence-corrected chi connectivity index (χ2v) is 7.17. The van der Waals surface area contributed by atoms with Gasteiger partial charge in [0.05, 0.1) is 11.4 Å². The predicted octanol–water partition coefficient (Wildman–Crippen LogP) is 3.93. The Labute approximate surface area is 144 Å². The molecular formula is C18H17FN2O2S. The molecule has 1 aliphatic rings. The van der Waals surface area contributed by atoms with Gasteiger partial charge in [0.25, 0.3) is 5.91 Å². The maximum atomic E-state index is 13.8. The van der Waals surface area contributed by atoms with Crippen LogP contribution in [0.15, 0.2) is 47.4 Å². The van der Waals surface area contributed by atoms with E-state index in [0.717, 1.165) is 10.6 Å². The summed E-state index contributed by atoms with van der Waals surface area (Å²) in [6, 6.07) is 11.8. The van der Waals surface area contributed by atoms with Gasteiger partial charge in [-0.25, -0.2) is 4.39 Å². The van der Waals surface area contributed by atoms with Crippen molar-refractivity contribution in [2.75, 3.05) is 16.8 Å². The van der Waals surface area contributed by atoms with Crippen molar-refractivity contribution in [1.82, 2.24) is 0 Å². The van der Waals surface area contributed by atoms with Crippen molar-refractivity contribution in [3.63, 3.8) is 0 Å². The highest BCUT2D eigenvalue weighted by molar-refractivity contribution is 8.00. The molecule has 1 atom stereocenters. The predicted molar refractivity (Wildman–Crippen MR) is 94.1 cm³/mol. The molecule has 0 saturated heterocycles. The van der Waals surface area contributed by atoms with Gasteiger partial charge in [-0.3, -0.25) is 9.59 Å². The summed E-state index contributed by atoms with van der Waals surface area (Å²) < 4.78 is 13.8. The fraction of sp³-hybridized carbons (Fsp3) is 0.222. The number of rotatable bonds is 2. The van der Waals surface area contributed by atoms with Crippen LogP contribution >= 0.6 is 11.8 Å². The van der Waals surface area contributed by atoms with E-state index in [1.807, 2.05) is 24.3 Å². The number of hydrogen-bond donors (Lipinski definition) is 1. The molecule has 2 aromatic rings. The first-order chi connectivity index (χ1) is 11.5. The zero-order valence-electron chi connectivity index (χ0n) is 13.4. The molecule has 0 saturated carbocycles. The number of para-hydroxylation sites is 1. The summed E-state index contributed by atoms with van der Waals surface area (Å²) in [4.78, 5) is 26.9. The van der Waals surface area contributed by atoms with E-state index in [0.29, 0.717) is 12.1 Å². The number of nitrogens with one attached hydrogen (secondary N) is 1. The van der Waals surface area contributed by atoms with Crippen molar-refractivity contribution in [3.05, 3.63) is 53.8 Å². The molecule has 2 amide bonds. The highest BCUT2D eigenvalue weighted by atomic mass is 32.2. The molecule has 2 aromatic carbocycles. The Hall–Kier alpha value is -2.34. The number of carbonyl (C=O) groups is 2. The van der Waals surface area contributed by atoms with Crippen LogP contribution in [-0.2, 0) is 4.79 Å². The molecule has 1 heterocycles. The fourth-order valence-electron chi connectivity index (χ4n) is 2.68. The maximum absolute atomic E-state index is 13.8. The SMILES string of the molecule is CC(=O)Nc1cc(C(=O)N2C[C@@H](C)Sc3ccccc32)ccc1F. The highest BCUT2D eigenvalue weighted by Crippen LogP contribution is 2.38. The van der Waals surface area contributed by atoms with Crippen molar-refractivity contribution in [2.24, 2.45) is 0 Å². The Morgan fingerprint density at radius 1 is 1.25 bits per heavy atom. The Balaban J connectivity index is 1.96. The molecule has 0 aliphatic carbocycles. The van der Waals surface area contributed by atoms with Crippen molar-refractivity contribution in [2.45, 2.75) is 24.0 Å². The number of thioether (sulfide) groups is 1. The van der Waals surface area contributed by atoms with Gasteiger partial charge < -0.3 is 10.2 Å². The van der Waals surface area contributed by atoms with Crippen LogP contribution < -0.4 is 10.2 Å². The lowest BCUT2D eigenvalue weighted by Gasteiger charge is -2.32. The van der Waals surface area contributed by atoms with Crippen molar-refractivity contribution in [1.29, 1.82) is 0 Å². The van der Waals surface area contributed by atoms with Gasteiger partial charge in [-0.2, -0.15) is 0 Å². The molecule has 1 aliphatic heterocycles. The summed E-state index contributed by atoms with van der Waals surface area (Å²) in [6.45, 7) is 3.94. The molecular weight excluding hydrogens is 327 g/mol. The molecule has 6 heteroatoms. The van der Waals surface area contributed by atoms with E-state index in [9.17, 15) is 14.0 Å². The quantitative estimate of drug-likeness (QED) is 0.898. The van der Waals surface area contributed by atoms with E-state index in [2.05, 4.69) is 12.2 Å². The van der Waals surface area contributed by atoms with Gasteiger partial charge in [-0.1, -0.05) is 19.1 Å². The van der Waals surface area contributed by atoms with Crippen LogP contribution in [0.2, 0.25) is 0 Å². The van der Waals surface area contributed by atoms with E-state index < -0.39 is 5.82 Å². The number of halogens is 1. The number of nitrogens with zero attached hydrogens (tertiary/aromatic N) is 1. The summed E-state index contributed by atoms with van der Waals surface area (Å²) >= 11 is 1.73. The summed E-state index contributed by atoms with van der Waals surface area (Å²) in [6.07, 6.45) is 0. The van der Waals surface area contributed by atoms with Gasteiger partial charge in [-0.05, 0) is 30.3 Å². The minimum Gasteiger partial charge on any atom is -0.324 e. The summed E-state index contributed by atoms with van der Waals surface area (Å²) in [5, 5.41) is 2.67. The van der Waals surface area contributed by atoms with Gasteiger partial charge in [0.15, 0.2) is 0 Å². The van der Waals surface area contributed by atoms with Crippen molar-refractivity contribution < 1.29 is 14.0 Å². The number of benzene rings is 2. The third-order valence-electron chi connectivity index (χ3n) is 3.69. The first-order valence-corrected chi connectivity index (χ1v) is 8.48. The molecule has 0 bridgehead atoms. The Bertz CT molecular complexity index is 809. The minimum absolute atomic E-state index is 0.0149. The van der Waals surface area contributed by atoms with Gasteiger partial charge in [-0.15, -0.1) is 11.8 Å². The topological polar surface area (TPSA) is 49.4 Å². The zero-order valence-corrected chi connectivity index (χ0v) is 14.2. The molecule has 1 N–H and O–H groups in total. The summed E-state index contributed by atoms with van der Waals surface area (Å²) in [5.41, 5.74) is 1.21. The maximum Gasteiger partial charge on any atom is 0.258 e. The van der Waals surface area contributed by atoms with Crippen LogP contribution in [0.3, 0.4) is 0 Å². The molecule has 3 rings (SSSR count). The van der Waals surface area contributed by atoms with Crippen LogP contribution in [0.1, 0.15) is 24.2 Å². The number of anilines is 2.